The Hall–Kier alpha value is -0.680. The summed E-state index contributed by atoms with van der Waals surface area (Å²) in [5, 5.41) is 21.5. The molecule has 2 aliphatic rings. The first-order chi connectivity index (χ1) is 7.00. The van der Waals surface area contributed by atoms with Gasteiger partial charge in [-0.2, -0.15) is 0 Å². The van der Waals surface area contributed by atoms with Crippen molar-refractivity contribution in [3.63, 3.8) is 0 Å². The summed E-state index contributed by atoms with van der Waals surface area (Å²) in [5.74, 6) is -1.54. The Morgan fingerprint density at radius 1 is 1.40 bits per heavy atom. The van der Waals surface area contributed by atoms with Crippen molar-refractivity contribution >= 4 is 0 Å². The minimum Gasteiger partial charge on any atom is -0.360 e. The Kier molecular flexibility index (Phi) is 2.47. The van der Waals surface area contributed by atoms with Crippen LogP contribution in [0.2, 0.25) is 0 Å². The van der Waals surface area contributed by atoms with Gasteiger partial charge in [0, 0.05) is 24.2 Å². The van der Waals surface area contributed by atoms with E-state index in [0.717, 1.165) is 12.8 Å². The Morgan fingerprint density at radius 3 is 2.73 bits per heavy atom. The van der Waals surface area contributed by atoms with Gasteiger partial charge in [-0.25, -0.2) is 0 Å². The number of hydrogen-bond donors (Lipinski definition) is 1. The average Bonchev–Trinajstić information content (AvgIpc) is 2.16. The maximum absolute atomic E-state index is 11.2. The molecule has 0 amide bonds. The van der Waals surface area contributed by atoms with Crippen LogP contribution in [0.5, 0.6) is 0 Å². The molecule has 2 fully saturated rings. The van der Waals surface area contributed by atoms with E-state index >= 15 is 0 Å². The van der Waals surface area contributed by atoms with Gasteiger partial charge in [-0.05, 0) is 26.2 Å². The van der Waals surface area contributed by atoms with E-state index in [0.29, 0.717) is 25.7 Å². The summed E-state index contributed by atoms with van der Waals surface area (Å²) in [7, 11) is 0. The van der Waals surface area contributed by atoms with Crippen molar-refractivity contribution < 1.29 is 14.8 Å². The quantitative estimate of drug-likeness (QED) is 0.531. The lowest BCUT2D eigenvalue weighted by molar-refractivity contribution is -0.629. The largest absolute Gasteiger partial charge is 0.360 e. The molecule has 1 saturated heterocycles. The van der Waals surface area contributed by atoms with Crippen LogP contribution in [-0.2, 0) is 4.74 Å². The molecular weight excluding hydrogens is 198 g/mol. The van der Waals surface area contributed by atoms with Crippen molar-refractivity contribution in [2.24, 2.45) is 0 Å². The lowest BCUT2D eigenvalue weighted by atomic mass is 9.71. The molecule has 0 aromatic rings. The Labute approximate surface area is 88.6 Å². The number of nitrogens with zero attached hydrogens (tertiary/aromatic N) is 1. The van der Waals surface area contributed by atoms with E-state index in [4.69, 9.17) is 4.74 Å². The molecule has 2 rings (SSSR count). The average molecular weight is 215 g/mol. The van der Waals surface area contributed by atoms with Crippen LogP contribution < -0.4 is 0 Å². The van der Waals surface area contributed by atoms with E-state index in [1.807, 2.05) is 6.92 Å². The van der Waals surface area contributed by atoms with Gasteiger partial charge in [0.05, 0.1) is 6.10 Å². The minimum absolute atomic E-state index is 0.0822. The topological polar surface area (TPSA) is 72.6 Å². The highest BCUT2D eigenvalue weighted by Gasteiger charge is 2.65. The standard InChI is InChI=1S/C10H17NO4/c1-8-4-7-9(11(13)14)5-2-3-6-10(9,12)15-8/h8,12H,2-7H2,1H3/t8-,9-,10+/m0/s1. The number of ether oxygens (including phenoxy) is 1. The second-order valence-electron chi connectivity index (χ2n) is 4.75. The summed E-state index contributed by atoms with van der Waals surface area (Å²) in [5.41, 5.74) is -1.25. The lowest BCUT2D eigenvalue weighted by Crippen LogP contribution is -2.65. The van der Waals surface area contributed by atoms with Gasteiger partial charge >= 0.3 is 0 Å². The van der Waals surface area contributed by atoms with Gasteiger partial charge in [0.1, 0.15) is 0 Å². The molecule has 0 aromatic heterocycles. The maximum atomic E-state index is 11.2. The Bertz CT molecular complexity index is 283. The van der Waals surface area contributed by atoms with Gasteiger partial charge in [0.15, 0.2) is 0 Å². The molecule has 0 aromatic carbocycles. The SMILES string of the molecule is C[C@H]1CC[C@@]2([N+](=O)[O-])CCCC[C@@]2(O)O1. The minimum atomic E-state index is -1.54. The van der Waals surface area contributed by atoms with E-state index in [1.54, 1.807) is 0 Å². The van der Waals surface area contributed by atoms with E-state index in [2.05, 4.69) is 0 Å². The molecule has 1 heterocycles. The molecule has 0 unspecified atom stereocenters. The van der Waals surface area contributed by atoms with Crippen molar-refractivity contribution in [1.82, 2.24) is 0 Å². The van der Waals surface area contributed by atoms with Crippen molar-refractivity contribution in [3.8, 4) is 0 Å². The molecule has 5 heteroatoms. The van der Waals surface area contributed by atoms with Gasteiger partial charge in [-0.3, -0.25) is 10.1 Å². The third kappa shape index (κ3) is 1.45. The third-order valence-corrected chi connectivity index (χ3v) is 3.79. The molecule has 0 spiro atoms. The zero-order valence-electron chi connectivity index (χ0n) is 8.94. The maximum Gasteiger partial charge on any atom is 0.274 e. The van der Waals surface area contributed by atoms with Gasteiger partial charge in [-0.15, -0.1) is 0 Å². The smallest absolute Gasteiger partial charge is 0.274 e. The highest BCUT2D eigenvalue weighted by Crippen LogP contribution is 2.47. The monoisotopic (exact) mass is 215 g/mol. The fourth-order valence-corrected chi connectivity index (χ4v) is 2.86. The van der Waals surface area contributed by atoms with Crippen LogP contribution in [0.25, 0.3) is 0 Å². The fourth-order valence-electron chi connectivity index (χ4n) is 2.86. The Balaban J connectivity index is 2.34. The Morgan fingerprint density at radius 2 is 2.07 bits per heavy atom. The van der Waals surface area contributed by atoms with Crippen LogP contribution in [-0.4, -0.2) is 27.5 Å². The molecular formula is C10H17NO4. The van der Waals surface area contributed by atoms with Crippen molar-refractivity contribution in [3.05, 3.63) is 10.1 Å². The van der Waals surface area contributed by atoms with Gasteiger partial charge in [-0.1, -0.05) is 0 Å². The number of rotatable bonds is 1. The number of aliphatic hydroxyl groups is 1. The molecule has 3 atom stereocenters. The summed E-state index contributed by atoms with van der Waals surface area (Å²) >= 11 is 0. The normalized spacial score (nSPS) is 45.9. The van der Waals surface area contributed by atoms with E-state index in [-0.39, 0.29) is 11.0 Å². The summed E-state index contributed by atoms with van der Waals surface area (Å²) in [6.07, 6.45) is 3.43. The number of fused-ring (bicyclic) bond motifs is 1. The molecule has 1 saturated carbocycles. The molecule has 1 N–H and O–H groups in total. The van der Waals surface area contributed by atoms with E-state index < -0.39 is 11.3 Å². The van der Waals surface area contributed by atoms with Crippen LogP contribution in [0.1, 0.15) is 45.4 Å². The first kappa shape index (κ1) is 10.8. The van der Waals surface area contributed by atoms with Crippen LogP contribution in [0.3, 0.4) is 0 Å². The second kappa shape index (κ2) is 3.42. The molecule has 1 aliphatic heterocycles. The summed E-state index contributed by atoms with van der Waals surface area (Å²) < 4.78 is 5.46. The predicted molar refractivity (Wildman–Crippen MR) is 52.9 cm³/mol. The second-order valence-corrected chi connectivity index (χ2v) is 4.75. The highest BCUT2D eigenvalue weighted by atomic mass is 16.7. The predicted octanol–water partition coefficient (Wildman–Crippen LogP) is 1.46. The first-order valence-electron chi connectivity index (χ1n) is 5.55. The van der Waals surface area contributed by atoms with Crippen LogP contribution in [0.4, 0.5) is 0 Å². The van der Waals surface area contributed by atoms with E-state index in [1.165, 1.54) is 0 Å². The molecule has 1 aliphatic carbocycles. The summed E-state index contributed by atoms with van der Waals surface area (Å²) in [4.78, 5) is 10.9. The molecule has 0 radical (unpaired) electrons. The van der Waals surface area contributed by atoms with Gasteiger partial charge in [0.2, 0.25) is 5.79 Å². The van der Waals surface area contributed by atoms with Crippen LogP contribution in [0, 0.1) is 10.1 Å². The number of hydrogen-bond acceptors (Lipinski definition) is 4. The molecule has 86 valence electrons. The van der Waals surface area contributed by atoms with E-state index in [9.17, 15) is 15.2 Å². The lowest BCUT2D eigenvalue weighted by Gasteiger charge is -2.47. The zero-order valence-corrected chi connectivity index (χ0v) is 8.94. The fraction of sp³-hybridized carbons (Fsp3) is 1.00. The summed E-state index contributed by atoms with van der Waals surface area (Å²) in [6, 6.07) is 0. The van der Waals surface area contributed by atoms with Crippen molar-refractivity contribution in [1.29, 1.82) is 0 Å². The van der Waals surface area contributed by atoms with Gasteiger partial charge in [0.25, 0.3) is 5.54 Å². The van der Waals surface area contributed by atoms with Crippen molar-refractivity contribution in [2.45, 2.75) is 62.9 Å². The highest BCUT2D eigenvalue weighted by molar-refractivity contribution is 5.00. The number of nitro groups is 1. The summed E-state index contributed by atoms with van der Waals surface area (Å²) in [6.45, 7) is 1.86. The van der Waals surface area contributed by atoms with Crippen LogP contribution in [0.15, 0.2) is 0 Å². The first-order valence-corrected chi connectivity index (χ1v) is 5.55. The zero-order chi connectivity index (χ0) is 11.1. The molecule has 5 nitrogen and oxygen atoms in total. The molecule has 15 heavy (non-hydrogen) atoms. The van der Waals surface area contributed by atoms with Crippen molar-refractivity contribution in [2.75, 3.05) is 0 Å². The third-order valence-electron chi connectivity index (χ3n) is 3.79. The molecule has 0 bridgehead atoms. The van der Waals surface area contributed by atoms with Gasteiger partial charge < -0.3 is 9.84 Å². The van der Waals surface area contributed by atoms with Crippen LogP contribution >= 0.6 is 0 Å².